The SMILES string of the molecule is CC(=O)NC(C)C(=O)N1CCC(F)(C(=O)O)C1. The van der Waals surface area contributed by atoms with E-state index in [2.05, 4.69) is 5.32 Å². The third-order valence-corrected chi connectivity index (χ3v) is 2.70. The lowest BCUT2D eigenvalue weighted by atomic mass is 10.1. The van der Waals surface area contributed by atoms with Crippen molar-refractivity contribution in [2.45, 2.75) is 32.0 Å². The molecule has 0 radical (unpaired) electrons. The van der Waals surface area contributed by atoms with Gasteiger partial charge in [-0.25, -0.2) is 9.18 Å². The Morgan fingerprint density at radius 3 is 2.47 bits per heavy atom. The van der Waals surface area contributed by atoms with Gasteiger partial charge in [0.1, 0.15) is 6.04 Å². The normalized spacial score (nSPS) is 25.5. The number of nitrogens with zero attached hydrogens (tertiary/aromatic N) is 1. The van der Waals surface area contributed by atoms with Crippen molar-refractivity contribution in [2.24, 2.45) is 0 Å². The predicted octanol–water partition coefficient (Wildman–Crippen LogP) is -0.464. The first-order valence-corrected chi connectivity index (χ1v) is 5.24. The Morgan fingerprint density at radius 1 is 1.47 bits per heavy atom. The van der Waals surface area contributed by atoms with Gasteiger partial charge >= 0.3 is 5.97 Å². The number of hydrogen-bond acceptors (Lipinski definition) is 3. The zero-order valence-electron chi connectivity index (χ0n) is 9.70. The predicted molar refractivity (Wildman–Crippen MR) is 56.0 cm³/mol. The summed E-state index contributed by atoms with van der Waals surface area (Å²) in [6.45, 7) is 2.32. The lowest BCUT2D eigenvalue weighted by molar-refractivity contribution is -0.150. The van der Waals surface area contributed by atoms with E-state index in [1.54, 1.807) is 0 Å². The minimum Gasteiger partial charge on any atom is -0.479 e. The topological polar surface area (TPSA) is 86.7 Å². The number of alkyl halides is 1. The molecule has 96 valence electrons. The Hall–Kier alpha value is -1.66. The summed E-state index contributed by atoms with van der Waals surface area (Å²) in [5.74, 6) is -2.39. The van der Waals surface area contributed by atoms with Gasteiger partial charge in [-0.15, -0.1) is 0 Å². The molecular weight excluding hydrogens is 231 g/mol. The molecule has 2 unspecified atom stereocenters. The van der Waals surface area contributed by atoms with Crippen molar-refractivity contribution in [3.8, 4) is 0 Å². The summed E-state index contributed by atoms with van der Waals surface area (Å²) in [6.07, 6.45) is -0.221. The van der Waals surface area contributed by atoms with Crippen molar-refractivity contribution in [2.75, 3.05) is 13.1 Å². The van der Waals surface area contributed by atoms with Crippen LogP contribution in [0.4, 0.5) is 4.39 Å². The Bertz CT molecular complexity index is 360. The fourth-order valence-electron chi connectivity index (χ4n) is 1.78. The van der Waals surface area contributed by atoms with Gasteiger partial charge in [0.05, 0.1) is 6.54 Å². The van der Waals surface area contributed by atoms with Crippen LogP contribution in [0.15, 0.2) is 0 Å². The second-order valence-electron chi connectivity index (χ2n) is 4.20. The van der Waals surface area contributed by atoms with Gasteiger partial charge in [0.25, 0.3) is 0 Å². The smallest absolute Gasteiger partial charge is 0.343 e. The standard InChI is InChI=1S/C10H15FN2O4/c1-6(12-7(2)14)8(15)13-4-3-10(11,5-13)9(16)17/h6H,3-5H2,1-2H3,(H,12,14)(H,16,17). The van der Waals surface area contributed by atoms with Crippen LogP contribution in [0.1, 0.15) is 20.3 Å². The number of rotatable bonds is 3. The average molecular weight is 246 g/mol. The summed E-state index contributed by atoms with van der Waals surface area (Å²) in [5.41, 5.74) is -2.37. The molecule has 1 aliphatic rings. The van der Waals surface area contributed by atoms with E-state index in [4.69, 9.17) is 5.11 Å². The minimum atomic E-state index is -2.37. The number of likely N-dealkylation sites (tertiary alicyclic amines) is 1. The van der Waals surface area contributed by atoms with Crippen molar-refractivity contribution in [1.29, 1.82) is 0 Å². The fraction of sp³-hybridized carbons (Fsp3) is 0.700. The maximum Gasteiger partial charge on any atom is 0.343 e. The minimum absolute atomic E-state index is 0.0472. The number of halogens is 1. The number of carboxylic acids is 1. The van der Waals surface area contributed by atoms with Crippen LogP contribution in [0.5, 0.6) is 0 Å². The van der Waals surface area contributed by atoms with Crippen LogP contribution in [0.25, 0.3) is 0 Å². The van der Waals surface area contributed by atoms with E-state index < -0.39 is 30.1 Å². The number of nitrogens with one attached hydrogen (secondary N) is 1. The Kier molecular flexibility index (Phi) is 3.69. The van der Waals surface area contributed by atoms with Crippen LogP contribution in [0.3, 0.4) is 0 Å². The van der Waals surface area contributed by atoms with Crippen LogP contribution in [-0.2, 0) is 14.4 Å². The average Bonchev–Trinajstić information content (AvgIpc) is 2.60. The Balaban J connectivity index is 2.62. The number of hydrogen-bond donors (Lipinski definition) is 2. The van der Waals surface area contributed by atoms with Crippen molar-refractivity contribution in [3.05, 3.63) is 0 Å². The number of carbonyl (C=O) groups excluding carboxylic acids is 2. The van der Waals surface area contributed by atoms with E-state index in [0.29, 0.717) is 0 Å². The van der Waals surface area contributed by atoms with E-state index >= 15 is 0 Å². The second kappa shape index (κ2) is 4.68. The van der Waals surface area contributed by atoms with Gasteiger partial charge in [0, 0.05) is 19.9 Å². The highest BCUT2D eigenvalue weighted by Crippen LogP contribution is 2.26. The van der Waals surface area contributed by atoms with Crippen LogP contribution in [-0.4, -0.2) is 52.6 Å². The molecule has 1 heterocycles. The van der Waals surface area contributed by atoms with Gasteiger partial charge < -0.3 is 15.3 Å². The number of carbonyl (C=O) groups is 3. The fourth-order valence-corrected chi connectivity index (χ4v) is 1.78. The molecule has 7 heteroatoms. The zero-order chi connectivity index (χ0) is 13.2. The Morgan fingerprint density at radius 2 is 2.06 bits per heavy atom. The molecule has 0 bridgehead atoms. The molecule has 0 saturated carbocycles. The summed E-state index contributed by atoms with van der Waals surface area (Å²) in [4.78, 5) is 34.3. The maximum atomic E-state index is 13.7. The molecule has 0 aliphatic carbocycles. The van der Waals surface area contributed by atoms with E-state index in [0.717, 1.165) is 4.90 Å². The van der Waals surface area contributed by atoms with Crippen molar-refractivity contribution in [3.63, 3.8) is 0 Å². The molecule has 1 fully saturated rings. The highest BCUT2D eigenvalue weighted by atomic mass is 19.1. The summed E-state index contributed by atoms with van der Waals surface area (Å²) in [6, 6.07) is -0.774. The molecule has 0 spiro atoms. The molecule has 2 N–H and O–H groups in total. The molecule has 1 aliphatic heterocycles. The first-order chi connectivity index (χ1) is 7.76. The molecule has 0 aromatic rings. The molecule has 0 aromatic carbocycles. The van der Waals surface area contributed by atoms with Gasteiger partial charge in [-0.1, -0.05) is 0 Å². The van der Waals surface area contributed by atoms with Crippen molar-refractivity contribution in [1.82, 2.24) is 10.2 Å². The van der Waals surface area contributed by atoms with Crippen molar-refractivity contribution >= 4 is 17.8 Å². The van der Waals surface area contributed by atoms with Crippen LogP contribution in [0, 0.1) is 0 Å². The summed E-state index contributed by atoms with van der Waals surface area (Å²) in [5, 5.41) is 11.0. The number of amides is 2. The molecule has 17 heavy (non-hydrogen) atoms. The van der Waals surface area contributed by atoms with Gasteiger partial charge in [-0.05, 0) is 6.92 Å². The lowest BCUT2D eigenvalue weighted by Gasteiger charge is -2.21. The summed E-state index contributed by atoms with van der Waals surface area (Å²) in [7, 11) is 0. The first-order valence-electron chi connectivity index (χ1n) is 5.24. The van der Waals surface area contributed by atoms with Crippen LogP contribution < -0.4 is 5.32 Å². The van der Waals surface area contributed by atoms with Crippen LogP contribution >= 0.6 is 0 Å². The number of carboxylic acid groups (broad SMARTS) is 1. The Labute approximate surface area is 97.8 Å². The number of aliphatic carboxylic acids is 1. The van der Waals surface area contributed by atoms with Gasteiger partial charge in [-0.3, -0.25) is 9.59 Å². The van der Waals surface area contributed by atoms with Gasteiger partial charge in [0.15, 0.2) is 0 Å². The molecule has 6 nitrogen and oxygen atoms in total. The molecule has 1 saturated heterocycles. The monoisotopic (exact) mass is 246 g/mol. The highest BCUT2D eigenvalue weighted by molar-refractivity contribution is 5.88. The molecule has 1 rings (SSSR count). The van der Waals surface area contributed by atoms with E-state index in [1.807, 2.05) is 0 Å². The van der Waals surface area contributed by atoms with E-state index in [9.17, 15) is 18.8 Å². The quantitative estimate of drug-likeness (QED) is 0.705. The van der Waals surface area contributed by atoms with E-state index in [-0.39, 0.29) is 18.9 Å². The zero-order valence-corrected chi connectivity index (χ0v) is 9.70. The van der Waals surface area contributed by atoms with E-state index in [1.165, 1.54) is 13.8 Å². The first kappa shape index (κ1) is 13.4. The molecule has 2 amide bonds. The third kappa shape index (κ3) is 2.92. The second-order valence-corrected chi connectivity index (χ2v) is 4.20. The third-order valence-electron chi connectivity index (χ3n) is 2.70. The maximum absolute atomic E-state index is 13.7. The van der Waals surface area contributed by atoms with Gasteiger partial charge in [-0.2, -0.15) is 0 Å². The molecular formula is C10H15FN2O4. The lowest BCUT2D eigenvalue weighted by Crippen LogP contribution is -2.47. The molecule has 0 aromatic heterocycles. The van der Waals surface area contributed by atoms with Gasteiger partial charge in [0.2, 0.25) is 17.5 Å². The molecule has 2 atom stereocenters. The summed E-state index contributed by atoms with van der Waals surface area (Å²) >= 11 is 0. The van der Waals surface area contributed by atoms with Crippen LogP contribution in [0.2, 0.25) is 0 Å². The summed E-state index contributed by atoms with van der Waals surface area (Å²) < 4.78 is 13.7. The highest BCUT2D eigenvalue weighted by Gasteiger charge is 2.47. The largest absolute Gasteiger partial charge is 0.479 e. The van der Waals surface area contributed by atoms with Crippen molar-refractivity contribution < 1.29 is 23.9 Å².